The highest BCUT2D eigenvalue weighted by Gasteiger charge is 2.21. The zero-order valence-electron chi connectivity index (χ0n) is 12.3. The van der Waals surface area contributed by atoms with Crippen LogP contribution in [0.1, 0.15) is 17.3 Å². The molecule has 0 radical (unpaired) electrons. The van der Waals surface area contributed by atoms with E-state index in [-0.39, 0.29) is 29.6 Å². The summed E-state index contributed by atoms with van der Waals surface area (Å²) in [6.45, 7) is 1.18. The smallest absolute Gasteiger partial charge is 0.323 e. The van der Waals surface area contributed by atoms with Crippen molar-refractivity contribution >= 4 is 35.1 Å². The highest BCUT2D eigenvalue weighted by atomic mass is 35.5. The van der Waals surface area contributed by atoms with Crippen molar-refractivity contribution in [3.8, 4) is 0 Å². The summed E-state index contributed by atoms with van der Waals surface area (Å²) in [7, 11) is 1.45. The SMILES string of the molecule is COCCN(CC(=O)O)C(=O)c1cc(NC(C)=O)ccc1Cl. The first-order valence-corrected chi connectivity index (χ1v) is 6.80. The summed E-state index contributed by atoms with van der Waals surface area (Å²) < 4.78 is 4.87. The Kier molecular flexibility index (Phi) is 6.81. The van der Waals surface area contributed by atoms with E-state index in [1.165, 1.54) is 26.2 Å². The minimum Gasteiger partial charge on any atom is -0.480 e. The molecule has 2 amide bonds. The van der Waals surface area contributed by atoms with Crippen LogP contribution in [-0.4, -0.2) is 54.6 Å². The first-order chi connectivity index (χ1) is 10.3. The van der Waals surface area contributed by atoms with E-state index in [0.29, 0.717) is 5.69 Å². The Balaban J connectivity index is 3.05. The summed E-state index contributed by atoms with van der Waals surface area (Å²) >= 11 is 6.00. The quantitative estimate of drug-likeness (QED) is 0.790. The van der Waals surface area contributed by atoms with Crippen molar-refractivity contribution in [3.05, 3.63) is 28.8 Å². The summed E-state index contributed by atoms with van der Waals surface area (Å²) in [5.74, 6) is -1.97. The first-order valence-electron chi connectivity index (χ1n) is 6.42. The van der Waals surface area contributed by atoms with Crippen LogP contribution in [0.5, 0.6) is 0 Å². The Labute approximate surface area is 132 Å². The van der Waals surface area contributed by atoms with Gasteiger partial charge >= 0.3 is 5.97 Å². The molecule has 1 aromatic rings. The van der Waals surface area contributed by atoms with E-state index in [0.717, 1.165) is 4.90 Å². The topological polar surface area (TPSA) is 95.9 Å². The Hall–Kier alpha value is -2.12. The lowest BCUT2D eigenvalue weighted by molar-refractivity contribution is -0.137. The monoisotopic (exact) mass is 328 g/mol. The molecule has 7 nitrogen and oxygen atoms in total. The number of carbonyl (C=O) groups excluding carboxylic acids is 2. The lowest BCUT2D eigenvalue weighted by Crippen LogP contribution is -2.38. The molecule has 1 aromatic carbocycles. The Morgan fingerprint density at radius 3 is 2.59 bits per heavy atom. The van der Waals surface area contributed by atoms with Crippen molar-refractivity contribution in [1.82, 2.24) is 4.90 Å². The minimum atomic E-state index is -1.14. The molecule has 1 rings (SSSR count). The molecular formula is C14H17ClN2O5. The van der Waals surface area contributed by atoms with Crippen LogP contribution in [0.25, 0.3) is 0 Å². The van der Waals surface area contributed by atoms with Gasteiger partial charge in [-0.25, -0.2) is 0 Å². The third-order valence-electron chi connectivity index (χ3n) is 2.70. The lowest BCUT2D eigenvalue weighted by Gasteiger charge is -2.21. The molecule has 0 bridgehead atoms. The Morgan fingerprint density at radius 2 is 2.05 bits per heavy atom. The highest BCUT2D eigenvalue weighted by Crippen LogP contribution is 2.22. The number of ether oxygens (including phenoxy) is 1. The molecule has 8 heteroatoms. The fourth-order valence-corrected chi connectivity index (χ4v) is 1.96. The average molecular weight is 329 g/mol. The number of methoxy groups -OCH3 is 1. The van der Waals surface area contributed by atoms with Gasteiger partial charge in [0.1, 0.15) is 6.54 Å². The largest absolute Gasteiger partial charge is 0.480 e. The molecule has 0 aliphatic rings. The fraction of sp³-hybridized carbons (Fsp3) is 0.357. The number of carboxylic acids is 1. The van der Waals surface area contributed by atoms with Gasteiger partial charge in [0.15, 0.2) is 0 Å². The van der Waals surface area contributed by atoms with Gasteiger partial charge in [-0.15, -0.1) is 0 Å². The van der Waals surface area contributed by atoms with E-state index >= 15 is 0 Å². The predicted octanol–water partition coefficient (Wildman–Crippen LogP) is 1.47. The normalized spacial score (nSPS) is 10.1. The second-order valence-corrected chi connectivity index (χ2v) is 4.90. The standard InChI is InChI=1S/C14H17ClN2O5/c1-9(18)16-10-3-4-12(15)11(7-10)14(21)17(5-6-22-2)8-13(19)20/h3-4,7H,5-6,8H2,1-2H3,(H,16,18)(H,19,20). The summed E-state index contributed by atoms with van der Waals surface area (Å²) in [5, 5.41) is 11.6. The van der Waals surface area contributed by atoms with Crippen LogP contribution in [0.15, 0.2) is 18.2 Å². The second kappa shape index (κ2) is 8.35. The number of rotatable bonds is 7. The van der Waals surface area contributed by atoms with Crippen LogP contribution in [0, 0.1) is 0 Å². The van der Waals surface area contributed by atoms with Crippen LogP contribution in [0.4, 0.5) is 5.69 Å². The molecule has 0 aliphatic carbocycles. The van der Waals surface area contributed by atoms with E-state index in [4.69, 9.17) is 21.4 Å². The molecule has 0 heterocycles. The maximum atomic E-state index is 12.5. The van der Waals surface area contributed by atoms with Gasteiger partial charge in [0.2, 0.25) is 5.91 Å². The number of nitrogens with one attached hydrogen (secondary N) is 1. The number of nitrogens with zero attached hydrogens (tertiary/aromatic N) is 1. The van der Waals surface area contributed by atoms with E-state index in [9.17, 15) is 14.4 Å². The van der Waals surface area contributed by atoms with Crippen molar-refractivity contribution < 1.29 is 24.2 Å². The number of hydrogen-bond acceptors (Lipinski definition) is 4. The van der Waals surface area contributed by atoms with Crippen molar-refractivity contribution in [2.24, 2.45) is 0 Å². The number of benzene rings is 1. The third kappa shape index (κ3) is 5.34. The fourth-order valence-electron chi connectivity index (χ4n) is 1.76. The second-order valence-electron chi connectivity index (χ2n) is 4.49. The first kappa shape index (κ1) is 17.9. The summed E-state index contributed by atoms with van der Waals surface area (Å²) in [6.07, 6.45) is 0. The third-order valence-corrected chi connectivity index (χ3v) is 3.03. The molecule has 0 aliphatic heterocycles. The average Bonchev–Trinajstić information content (AvgIpc) is 2.44. The van der Waals surface area contributed by atoms with Crippen molar-refractivity contribution in [2.75, 3.05) is 32.1 Å². The molecule has 2 N–H and O–H groups in total. The zero-order valence-corrected chi connectivity index (χ0v) is 13.0. The van der Waals surface area contributed by atoms with Crippen molar-refractivity contribution in [3.63, 3.8) is 0 Å². The molecule has 22 heavy (non-hydrogen) atoms. The Bertz CT molecular complexity index is 576. The molecule has 0 spiro atoms. The number of anilines is 1. The van der Waals surface area contributed by atoms with Crippen LogP contribution >= 0.6 is 11.6 Å². The number of amides is 2. The van der Waals surface area contributed by atoms with Gasteiger partial charge < -0.3 is 20.1 Å². The number of halogens is 1. The van der Waals surface area contributed by atoms with E-state index < -0.39 is 18.4 Å². The number of hydrogen-bond donors (Lipinski definition) is 2. The Morgan fingerprint density at radius 1 is 1.36 bits per heavy atom. The van der Waals surface area contributed by atoms with Crippen molar-refractivity contribution in [2.45, 2.75) is 6.92 Å². The number of carbonyl (C=O) groups is 3. The number of aliphatic carboxylic acids is 1. The minimum absolute atomic E-state index is 0.113. The van der Waals surface area contributed by atoms with Gasteiger partial charge in [-0.2, -0.15) is 0 Å². The number of carboxylic acid groups (broad SMARTS) is 1. The molecule has 0 unspecified atom stereocenters. The molecule has 0 fully saturated rings. The van der Waals surface area contributed by atoms with Crippen LogP contribution in [-0.2, 0) is 14.3 Å². The summed E-state index contributed by atoms with van der Waals surface area (Å²) in [4.78, 5) is 35.5. The van der Waals surface area contributed by atoms with Crippen LogP contribution in [0.2, 0.25) is 5.02 Å². The molecule has 120 valence electrons. The van der Waals surface area contributed by atoms with Crippen LogP contribution in [0.3, 0.4) is 0 Å². The van der Waals surface area contributed by atoms with Gasteiger partial charge in [-0.1, -0.05) is 11.6 Å². The van der Waals surface area contributed by atoms with E-state index in [1.54, 1.807) is 6.07 Å². The zero-order chi connectivity index (χ0) is 16.7. The van der Waals surface area contributed by atoms with Gasteiger partial charge in [-0.3, -0.25) is 14.4 Å². The molecular weight excluding hydrogens is 312 g/mol. The van der Waals surface area contributed by atoms with E-state index in [1.807, 2.05) is 0 Å². The van der Waals surface area contributed by atoms with Crippen molar-refractivity contribution in [1.29, 1.82) is 0 Å². The summed E-state index contributed by atoms with van der Waals surface area (Å²) in [5.41, 5.74) is 0.521. The maximum Gasteiger partial charge on any atom is 0.323 e. The van der Waals surface area contributed by atoms with Gasteiger partial charge in [0.25, 0.3) is 5.91 Å². The highest BCUT2D eigenvalue weighted by molar-refractivity contribution is 6.34. The molecule has 0 aromatic heterocycles. The maximum absolute atomic E-state index is 12.5. The van der Waals surface area contributed by atoms with Crippen LogP contribution < -0.4 is 5.32 Å². The lowest BCUT2D eigenvalue weighted by atomic mass is 10.1. The molecule has 0 saturated heterocycles. The summed E-state index contributed by atoms with van der Waals surface area (Å²) in [6, 6.07) is 4.43. The molecule has 0 saturated carbocycles. The predicted molar refractivity (Wildman–Crippen MR) is 81.2 cm³/mol. The molecule has 0 atom stereocenters. The van der Waals surface area contributed by atoms with E-state index in [2.05, 4.69) is 5.32 Å². The van der Waals surface area contributed by atoms with Gasteiger partial charge in [0.05, 0.1) is 17.2 Å². The van der Waals surface area contributed by atoms with Gasteiger partial charge in [-0.05, 0) is 18.2 Å². The van der Waals surface area contributed by atoms with Gasteiger partial charge in [0, 0.05) is 26.3 Å².